The van der Waals surface area contributed by atoms with E-state index >= 15 is 0 Å². The third-order valence-corrected chi connectivity index (χ3v) is 6.83. The zero-order valence-electron chi connectivity index (χ0n) is 13.4. The molecule has 0 saturated carbocycles. The molecule has 8 nitrogen and oxygen atoms in total. The molecule has 0 aliphatic carbocycles. The van der Waals surface area contributed by atoms with Crippen LogP contribution in [0.3, 0.4) is 0 Å². The van der Waals surface area contributed by atoms with Gasteiger partial charge in [-0.2, -0.15) is 17.0 Å². The summed E-state index contributed by atoms with van der Waals surface area (Å²) in [6, 6.07) is 0.289. The van der Waals surface area contributed by atoms with Crippen molar-refractivity contribution in [2.75, 3.05) is 59.0 Å². The Kier molecular flexibility index (Phi) is 5.53. The predicted octanol–water partition coefficient (Wildman–Crippen LogP) is -1.15. The largest absolute Gasteiger partial charge is 0.379 e. The number of ether oxygens (including phenoxy) is 1. The molecule has 1 N–H and O–H groups in total. The zero-order valence-corrected chi connectivity index (χ0v) is 14.3. The van der Waals surface area contributed by atoms with Gasteiger partial charge in [-0.1, -0.05) is 0 Å². The third-order valence-electron chi connectivity index (χ3n) is 4.80. The molecule has 1 unspecified atom stereocenters. The summed E-state index contributed by atoms with van der Waals surface area (Å²) >= 11 is 0. The van der Waals surface area contributed by atoms with Crippen molar-refractivity contribution in [1.29, 1.82) is 0 Å². The maximum atomic E-state index is 12.6. The number of nitrogens with zero attached hydrogens (tertiary/aromatic N) is 3. The van der Waals surface area contributed by atoms with Crippen molar-refractivity contribution >= 4 is 16.1 Å². The Balaban J connectivity index is 1.50. The van der Waals surface area contributed by atoms with Crippen LogP contribution in [0.4, 0.5) is 0 Å². The molecule has 3 aliphatic heterocycles. The Morgan fingerprint density at radius 3 is 2.30 bits per heavy atom. The highest BCUT2D eigenvalue weighted by Crippen LogP contribution is 2.16. The molecule has 1 amide bonds. The molecule has 0 aromatic rings. The molecule has 3 aliphatic rings. The van der Waals surface area contributed by atoms with Gasteiger partial charge in [0.1, 0.15) is 0 Å². The van der Waals surface area contributed by atoms with Crippen molar-refractivity contribution in [2.24, 2.45) is 0 Å². The lowest BCUT2D eigenvalue weighted by Crippen LogP contribution is -2.56. The van der Waals surface area contributed by atoms with Gasteiger partial charge < -0.3 is 15.0 Å². The number of hydrogen-bond donors (Lipinski definition) is 1. The summed E-state index contributed by atoms with van der Waals surface area (Å²) < 4.78 is 33.3. The summed E-state index contributed by atoms with van der Waals surface area (Å²) in [5.74, 6) is 0.132. The molecule has 0 radical (unpaired) electrons. The lowest BCUT2D eigenvalue weighted by atomic mass is 10.1. The molecule has 23 heavy (non-hydrogen) atoms. The topological polar surface area (TPSA) is 82.2 Å². The first-order chi connectivity index (χ1) is 11.1. The van der Waals surface area contributed by atoms with E-state index in [4.69, 9.17) is 4.74 Å². The van der Waals surface area contributed by atoms with Gasteiger partial charge in [0.15, 0.2) is 0 Å². The minimum atomic E-state index is -3.42. The molecule has 0 aromatic heterocycles. The van der Waals surface area contributed by atoms with Gasteiger partial charge in [-0.15, -0.1) is 0 Å². The number of amides is 1. The highest BCUT2D eigenvalue weighted by atomic mass is 32.2. The molecular weight excluding hydrogens is 320 g/mol. The number of carbonyl (C=O) groups is 1. The normalized spacial score (nSPS) is 28.2. The van der Waals surface area contributed by atoms with Crippen LogP contribution >= 0.6 is 0 Å². The molecule has 3 heterocycles. The number of morpholine rings is 1. The van der Waals surface area contributed by atoms with Crippen LogP contribution in [0.2, 0.25) is 0 Å². The van der Waals surface area contributed by atoms with Crippen molar-refractivity contribution in [2.45, 2.75) is 25.3 Å². The second-order valence-electron chi connectivity index (χ2n) is 6.30. The Hall–Kier alpha value is -0.740. The number of carbonyl (C=O) groups excluding carboxylic acids is 1. The van der Waals surface area contributed by atoms with E-state index in [1.165, 1.54) is 8.61 Å². The van der Waals surface area contributed by atoms with Crippen molar-refractivity contribution in [1.82, 2.24) is 18.8 Å². The first-order valence-corrected chi connectivity index (χ1v) is 9.81. The molecule has 3 rings (SSSR count). The van der Waals surface area contributed by atoms with Crippen LogP contribution in [-0.2, 0) is 19.7 Å². The molecule has 0 bridgehead atoms. The smallest absolute Gasteiger partial charge is 0.282 e. The summed E-state index contributed by atoms with van der Waals surface area (Å²) in [6.07, 6.45) is 2.71. The standard InChI is InChI=1S/C14H26N4O4S/c19-14(12-13-2-1-3-15-13)16-4-6-17(7-5-16)23(20,21)18-8-10-22-11-9-18/h13,15H,1-12H2. The Bertz CT molecular complexity index is 507. The average molecular weight is 346 g/mol. The first kappa shape index (κ1) is 17.1. The molecule has 1 atom stereocenters. The first-order valence-electron chi connectivity index (χ1n) is 8.41. The maximum absolute atomic E-state index is 12.6. The van der Waals surface area contributed by atoms with E-state index in [2.05, 4.69) is 5.32 Å². The molecule has 9 heteroatoms. The summed E-state index contributed by atoms with van der Waals surface area (Å²) in [6.45, 7) is 4.43. The predicted molar refractivity (Wildman–Crippen MR) is 85.1 cm³/mol. The third kappa shape index (κ3) is 4.03. The van der Waals surface area contributed by atoms with E-state index in [1.54, 1.807) is 4.90 Å². The Morgan fingerprint density at radius 2 is 1.70 bits per heavy atom. The number of rotatable bonds is 4. The lowest BCUT2D eigenvalue weighted by molar-refractivity contribution is -0.132. The molecule has 3 fully saturated rings. The summed E-state index contributed by atoms with van der Waals surface area (Å²) in [5, 5.41) is 3.33. The highest BCUT2D eigenvalue weighted by molar-refractivity contribution is 7.86. The minimum absolute atomic E-state index is 0.132. The number of nitrogens with one attached hydrogen (secondary N) is 1. The van der Waals surface area contributed by atoms with Crippen LogP contribution in [0.25, 0.3) is 0 Å². The molecular formula is C14H26N4O4S. The van der Waals surface area contributed by atoms with E-state index in [9.17, 15) is 13.2 Å². The van der Waals surface area contributed by atoms with Crippen LogP contribution in [0.5, 0.6) is 0 Å². The SMILES string of the molecule is O=C(CC1CCCN1)N1CCN(S(=O)(=O)N2CCOCC2)CC1. The molecule has 3 saturated heterocycles. The van der Waals surface area contributed by atoms with Crippen molar-refractivity contribution in [3.8, 4) is 0 Å². The van der Waals surface area contributed by atoms with Gasteiger partial charge in [0.05, 0.1) is 13.2 Å². The Morgan fingerprint density at radius 1 is 1.04 bits per heavy atom. The van der Waals surface area contributed by atoms with E-state index < -0.39 is 10.2 Å². The van der Waals surface area contributed by atoms with Gasteiger partial charge in [0.25, 0.3) is 10.2 Å². The highest BCUT2D eigenvalue weighted by Gasteiger charge is 2.34. The van der Waals surface area contributed by atoms with Gasteiger partial charge in [-0.3, -0.25) is 4.79 Å². The van der Waals surface area contributed by atoms with Crippen LogP contribution in [0.15, 0.2) is 0 Å². The van der Waals surface area contributed by atoms with E-state index in [-0.39, 0.29) is 11.9 Å². The number of hydrogen-bond acceptors (Lipinski definition) is 5. The zero-order chi connectivity index (χ0) is 16.3. The van der Waals surface area contributed by atoms with Gasteiger partial charge in [-0.25, -0.2) is 0 Å². The van der Waals surface area contributed by atoms with E-state index in [0.717, 1.165) is 19.4 Å². The van der Waals surface area contributed by atoms with Gasteiger partial charge in [-0.05, 0) is 19.4 Å². The lowest BCUT2D eigenvalue weighted by Gasteiger charge is -2.37. The average Bonchev–Trinajstić information content (AvgIpc) is 3.09. The fourth-order valence-electron chi connectivity index (χ4n) is 3.38. The number of piperazine rings is 1. The van der Waals surface area contributed by atoms with E-state index in [1.807, 2.05) is 0 Å². The maximum Gasteiger partial charge on any atom is 0.282 e. The van der Waals surface area contributed by atoms with Crippen molar-refractivity contribution in [3.05, 3.63) is 0 Å². The van der Waals surface area contributed by atoms with Crippen LogP contribution < -0.4 is 5.32 Å². The van der Waals surface area contributed by atoms with Crippen LogP contribution in [0, 0.1) is 0 Å². The summed E-state index contributed by atoms with van der Waals surface area (Å²) in [7, 11) is -3.42. The van der Waals surface area contributed by atoms with E-state index in [0.29, 0.717) is 58.9 Å². The van der Waals surface area contributed by atoms with Gasteiger partial charge in [0, 0.05) is 51.7 Å². The molecule has 0 spiro atoms. The monoisotopic (exact) mass is 346 g/mol. The van der Waals surface area contributed by atoms with Crippen LogP contribution in [-0.4, -0.2) is 92.9 Å². The fraction of sp³-hybridized carbons (Fsp3) is 0.929. The summed E-state index contributed by atoms with van der Waals surface area (Å²) in [4.78, 5) is 14.1. The van der Waals surface area contributed by atoms with Crippen molar-refractivity contribution in [3.63, 3.8) is 0 Å². The van der Waals surface area contributed by atoms with Crippen LogP contribution in [0.1, 0.15) is 19.3 Å². The molecule has 132 valence electrons. The second-order valence-corrected chi connectivity index (χ2v) is 8.22. The summed E-state index contributed by atoms with van der Waals surface area (Å²) in [5.41, 5.74) is 0. The molecule has 0 aromatic carbocycles. The van der Waals surface area contributed by atoms with Gasteiger partial charge >= 0.3 is 0 Å². The Labute approximate surface area is 137 Å². The quantitative estimate of drug-likeness (QED) is 0.695. The fourth-order valence-corrected chi connectivity index (χ4v) is 4.94. The van der Waals surface area contributed by atoms with Crippen molar-refractivity contribution < 1.29 is 17.9 Å². The minimum Gasteiger partial charge on any atom is -0.379 e. The second kappa shape index (κ2) is 7.43. The van der Waals surface area contributed by atoms with Gasteiger partial charge in [0.2, 0.25) is 5.91 Å².